The SMILES string of the molecule is CC(C)S(=O)(=O)c1[c]c(S(=O)(=O)C(C)C)ccc1. The first-order chi connectivity index (χ1) is 8.10. The van der Waals surface area contributed by atoms with E-state index in [-0.39, 0.29) is 9.79 Å². The Labute approximate surface area is 109 Å². The lowest BCUT2D eigenvalue weighted by molar-refractivity contribution is 0.584. The molecule has 1 aromatic rings. The first-order valence-electron chi connectivity index (χ1n) is 5.60. The van der Waals surface area contributed by atoms with Gasteiger partial charge in [-0.15, -0.1) is 0 Å². The van der Waals surface area contributed by atoms with Crippen molar-refractivity contribution in [2.24, 2.45) is 0 Å². The second-order valence-corrected chi connectivity index (χ2v) is 9.51. The molecule has 0 amide bonds. The van der Waals surface area contributed by atoms with Crippen LogP contribution >= 0.6 is 0 Å². The lowest BCUT2D eigenvalue weighted by atomic mass is 10.4. The Kier molecular flexibility index (Phi) is 4.23. The van der Waals surface area contributed by atoms with E-state index in [2.05, 4.69) is 6.07 Å². The van der Waals surface area contributed by atoms with Crippen LogP contribution < -0.4 is 0 Å². The van der Waals surface area contributed by atoms with Gasteiger partial charge in [-0.25, -0.2) is 16.8 Å². The van der Waals surface area contributed by atoms with Gasteiger partial charge in [-0.2, -0.15) is 0 Å². The standard InChI is InChI=1S/C12H17O4S2/c1-9(2)17(13,14)11-6-5-7-12(8-11)18(15,16)10(3)4/h5-7,9-10H,1-4H3. The molecule has 0 fully saturated rings. The Morgan fingerprint density at radius 3 is 1.44 bits per heavy atom. The minimum Gasteiger partial charge on any atom is -0.223 e. The largest absolute Gasteiger partial charge is 0.223 e. The fraction of sp³-hybridized carbons (Fsp3) is 0.500. The van der Waals surface area contributed by atoms with Crippen molar-refractivity contribution in [1.82, 2.24) is 0 Å². The zero-order valence-corrected chi connectivity index (χ0v) is 12.5. The average molecular weight is 289 g/mol. The van der Waals surface area contributed by atoms with Gasteiger partial charge in [0.1, 0.15) is 0 Å². The minimum atomic E-state index is -3.51. The molecule has 1 aromatic carbocycles. The monoisotopic (exact) mass is 289 g/mol. The number of hydrogen-bond donors (Lipinski definition) is 0. The first kappa shape index (κ1) is 15.2. The molecule has 0 heterocycles. The summed E-state index contributed by atoms with van der Waals surface area (Å²) in [6.45, 7) is 6.19. The second-order valence-electron chi connectivity index (χ2n) is 4.57. The summed E-state index contributed by atoms with van der Waals surface area (Å²) >= 11 is 0. The Morgan fingerprint density at radius 1 is 0.833 bits per heavy atom. The third-order valence-electron chi connectivity index (χ3n) is 2.60. The van der Waals surface area contributed by atoms with Crippen molar-refractivity contribution in [2.45, 2.75) is 48.0 Å². The maximum atomic E-state index is 12.0. The molecule has 0 atom stereocenters. The smallest absolute Gasteiger partial charge is 0.181 e. The van der Waals surface area contributed by atoms with Gasteiger partial charge in [-0.3, -0.25) is 0 Å². The van der Waals surface area contributed by atoms with Gasteiger partial charge in [0.05, 0.1) is 20.3 Å². The van der Waals surface area contributed by atoms with Crippen molar-refractivity contribution >= 4 is 19.7 Å². The van der Waals surface area contributed by atoms with Gasteiger partial charge < -0.3 is 0 Å². The lowest BCUT2D eigenvalue weighted by Crippen LogP contribution is -2.17. The summed E-state index contributed by atoms with van der Waals surface area (Å²) in [5, 5.41) is -1.21. The van der Waals surface area contributed by atoms with Gasteiger partial charge in [0.2, 0.25) is 0 Å². The fourth-order valence-electron chi connectivity index (χ4n) is 1.27. The molecule has 1 radical (unpaired) electrons. The van der Waals surface area contributed by atoms with Gasteiger partial charge >= 0.3 is 0 Å². The summed E-state index contributed by atoms with van der Waals surface area (Å²) in [6.07, 6.45) is 0. The Morgan fingerprint density at radius 2 is 1.17 bits per heavy atom. The number of hydrogen-bond acceptors (Lipinski definition) is 4. The molecule has 0 aliphatic heterocycles. The van der Waals surface area contributed by atoms with Gasteiger partial charge in [0, 0.05) is 6.07 Å². The molecule has 0 aliphatic carbocycles. The molecule has 0 aliphatic rings. The van der Waals surface area contributed by atoms with E-state index in [1.807, 2.05) is 0 Å². The molecular formula is C12H17O4S2. The molecule has 0 aromatic heterocycles. The van der Waals surface area contributed by atoms with Crippen LogP contribution in [0.15, 0.2) is 28.0 Å². The van der Waals surface area contributed by atoms with Crippen molar-refractivity contribution < 1.29 is 16.8 Å². The maximum absolute atomic E-state index is 12.0. The molecule has 0 spiro atoms. The number of sulfone groups is 2. The van der Waals surface area contributed by atoms with Crippen molar-refractivity contribution in [1.29, 1.82) is 0 Å². The number of benzene rings is 1. The summed E-state index contributed by atoms with van der Waals surface area (Å²) in [7, 11) is -7.01. The highest BCUT2D eigenvalue weighted by Crippen LogP contribution is 2.21. The van der Waals surface area contributed by atoms with Crippen molar-refractivity contribution in [3.05, 3.63) is 24.3 Å². The molecule has 0 saturated heterocycles. The van der Waals surface area contributed by atoms with Gasteiger partial charge in [0.15, 0.2) is 19.7 Å². The fourth-order valence-corrected chi connectivity index (χ4v) is 3.39. The molecule has 0 N–H and O–H groups in total. The highest BCUT2D eigenvalue weighted by Gasteiger charge is 2.24. The second kappa shape index (κ2) is 5.01. The summed E-state index contributed by atoms with van der Waals surface area (Å²) < 4.78 is 47.8. The van der Waals surface area contributed by atoms with Crippen LogP contribution in [-0.4, -0.2) is 27.3 Å². The van der Waals surface area contributed by atoms with E-state index in [4.69, 9.17) is 0 Å². The Bertz CT molecular complexity index is 573. The quantitative estimate of drug-likeness (QED) is 0.848. The predicted molar refractivity (Wildman–Crippen MR) is 69.9 cm³/mol. The average Bonchev–Trinajstić information content (AvgIpc) is 2.28. The van der Waals surface area contributed by atoms with E-state index in [9.17, 15) is 16.8 Å². The van der Waals surface area contributed by atoms with Crippen LogP contribution in [0.4, 0.5) is 0 Å². The third-order valence-corrected chi connectivity index (χ3v) is 6.78. The number of rotatable bonds is 4. The maximum Gasteiger partial charge on any atom is 0.181 e. The zero-order valence-electron chi connectivity index (χ0n) is 10.8. The summed E-state index contributed by atoms with van der Waals surface area (Å²) in [4.78, 5) is -0.140. The van der Waals surface area contributed by atoms with E-state index in [1.54, 1.807) is 27.7 Å². The molecule has 101 valence electrons. The molecule has 1 rings (SSSR count). The van der Waals surface area contributed by atoms with Crippen LogP contribution in [0, 0.1) is 6.07 Å². The van der Waals surface area contributed by atoms with Gasteiger partial charge in [0.25, 0.3) is 0 Å². The van der Waals surface area contributed by atoms with E-state index in [1.165, 1.54) is 18.2 Å². The van der Waals surface area contributed by atoms with Crippen molar-refractivity contribution in [3.63, 3.8) is 0 Å². The minimum absolute atomic E-state index is 0.0702. The first-order valence-corrected chi connectivity index (χ1v) is 8.69. The van der Waals surface area contributed by atoms with E-state index in [0.717, 1.165) is 0 Å². The van der Waals surface area contributed by atoms with E-state index < -0.39 is 30.2 Å². The predicted octanol–water partition coefficient (Wildman–Crippen LogP) is 1.85. The van der Waals surface area contributed by atoms with E-state index in [0.29, 0.717) is 0 Å². The summed E-state index contributed by atoms with van der Waals surface area (Å²) in [6, 6.07) is 6.68. The summed E-state index contributed by atoms with van der Waals surface area (Å²) in [5.41, 5.74) is 0. The Hall–Kier alpha value is -0.880. The third kappa shape index (κ3) is 2.75. The van der Waals surface area contributed by atoms with Crippen LogP contribution in [0.2, 0.25) is 0 Å². The van der Waals surface area contributed by atoms with E-state index >= 15 is 0 Å². The normalized spacial score (nSPS) is 13.2. The van der Waals surface area contributed by atoms with Crippen LogP contribution in [0.25, 0.3) is 0 Å². The zero-order chi connectivity index (χ0) is 14.1. The van der Waals surface area contributed by atoms with Crippen LogP contribution in [0.1, 0.15) is 27.7 Å². The molecule has 0 unspecified atom stereocenters. The molecule has 18 heavy (non-hydrogen) atoms. The topological polar surface area (TPSA) is 68.3 Å². The molecule has 6 heteroatoms. The highest BCUT2D eigenvalue weighted by molar-refractivity contribution is 7.92. The van der Waals surface area contributed by atoms with Gasteiger partial charge in [-0.1, -0.05) is 6.07 Å². The summed E-state index contributed by atoms with van der Waals surface area (Å²) in [5.74, 6) is 0. The molecule has 0 saturated carbocycles. The van der Waals surface area contributed by atoms with Crippen LogP contribution in [0.5, 0.6) is 0 Å². The lowest BCUT2D eigenvalue weighted by Gasteiger charge is -2.11. The van der Waals surface area contributed by atoms with Crippen LogP contribution in [0.3, 0.4) is 0 Å². The van der Waals surface area contributed by atoms with Crippen LogP contribution in [-0.2, 0) is 19.7 Å². The van der Waals surface area contributed by atoms with Crippen molar-refractivity contribution in [2.75, 3.05) is 0 Å². The Balaban J connectivity index is 3.42. The molecule has 4 nitrogen and oxygen atoms in total. The molecule has 0 bridgehead atoms. The van der Waals surface area contributed by atoms with Gasteiger partial charge in [-0.05, 0) is 39.8 Å². The highest BCUT2D eigenvalue weighted by atomic mass is 32.2. The van der Waals surface area contributed by atoms with Crippen molar-refractivity contribution in [3.8, 4) is 0 Å². The molecular weight excluding hydrogens is 272 g/mol.